The average molecular weight is 359 g/mol. The molecule has 2 aromatic rings. The van der Waals surface area contributed by atoms with Crippen molar-refractivity contribution in [3.05, 3.63) is 29.8 Å². The number of rotatable bonds is 5. The number of aryl methyl sites for hydroxylation is 1. The normalized spacial score (nSPS) is 15.4. The predicted molar refractivity (Wildman–Crippen MR) is 102 cm³/mol. The van der Waals surface area contributed by atoms with Crippen LogP contribution in [0.15, 0.2) is 29.4 Å². The Morgan fingerprint density at radius 3 is 2.40 bits per heavy atom. The Kier molecular flexibility index (Phi) is 5.32. The lowest BCUT2D eigenvalue weighted by atomic mass is 10.2. The zero-order valence-electron chi connectivity index (χ0n) is 15.3. The summed E-state index contributed by atoms with van der Waals surface area (Å²) in [5, 5.41) is 9.40. The minimum absolute atomic E-state index is 0.0752. The van der Waals surface area contributed by atoms with Gasteiger partial charge in [-0.25, -0.2) is 0 Å². The molecule has 0 spiro atoms. The van der Waals surface area contributed by atoms with Crippen molar-refractivity contribution in [3.8, 4) is 5.69 Å². The Bertz CT molecular complexity index is 734. The molecule has 1 saturated heterocycles. The molecule has 0 radical (unpaired) electrons. The second-order valence-corrected chi connectivity index (χ2v) is 7.95. The smallest absolute Gasteiger partial charge is 0.235 e. The fraction of sp³-hybridized carbons (Fsp3) is 0.500. The van der Waals surface area contributed by atoms with Gasteiger partial charge in [-0.1, -0.05) is 29.5 Å². The van der Waals surface area contributed by atoms with Crippen LogP contribution in [0.3, 0.4) is 0 Å². The molecule has 0 N–H and O–H groups in total. The first-order valence-electron chi connectivity index (χ1n) is 8.62. The van der Waals surface area contributed by atoms with Crippen molar-refractivity contribution in [2.24, 2.45) is 0 Å². The van der Waals surface area contributed by atoms with Gasteiger partial charge in [0, 0.05) is 27.2 Å². The molecule has 134 valence electrons. The SMILES string of the molecule is Cc1ccc(-n2c(SC(C)C(=O)N(C)C)nnc2N2CCCC2)cc1. The molecule has 25 heavy (non-hydrogen) atoms. The van der Waals surface area contributed by atoms with Gasteiger partial charge in [-0.3, -0.25) is 9.36 Å². The van der Waals surface area contributed by atoms with Gasteiger partial charge in [-0.05, 0) is 38.8 Å². The van der Waals surface area contributed by atoms with Crippen LogP contribution in [-0.4, -0.2) is 58.0 Å². The number of aromatic nitrogens is 3. The number of hydrogen-bond acceptors (Lipinski definition) is 5. The largest absolute Gasteiger partial charge is 0.348 e. The number of carbonyl (C=O) groups is 1. The van der Waals surface area contributed by atoms with Crippen molar-refractivity contribution in [3.63, 3.8) is 0 Å². The summed E-state index contributed by atoms with van der Waals surface area (Å²) >= 11 is 1.46. The molecule has 6 nitrogen and oxygen atoms in total. The number of anilines is 1. The molecule has 1 fully saturated rings. The summed E-state index contributed by atoms with van der Waals surface area (Å²) in [6.07, 6.45) is 2.36. The number of benzene rings is 1. The van der Waals surface area contributed by atoms with Crippen LogP contribution in [0.1, 0.15) is 25.3 Å². The van der Waals surface area contributed by atoms with E-state index in [0.717, 1.165) is 29.9 Å². The van der Waals surface area contributed by atoms with E-state index in [9.17, 15) is 4.79 Å². The monoisotopic (exact) mass is 359 g/mol. The third-order valence-corrected chi connectivity index (χ3v) is 5.40. The fourth-order valence-electron chi connectivity index (χ4n) is 2.95. The topological polar surface area (TPSA) is 54.3 Å². The standard InChI is InChI=1S/C18H25N5OS/c1-13-7-9-15(10-8-13)23-17(22-11-5-6-12-22)19-20-18(23)25-14(2)16(24)21(3)4/h7-10,14H,5-6,11-12H2,1-4H3. The lowest BCUT2D eigenvalue weighted by Gasteiger charge is -2.20. The predicted octanol–water partition coefficient (Wildman–Crippen LogP) is 2.74. The van der Waals surface area contributed by atoms with Gasteiger partial charge < -0.3 is 9.80 Å². The maximum Gasteiger partial charge on any atom is 0.235 e. The van der Waals surface area contributed by atoms with Gasteiger partial charge >= 0.3 is 0 Å². The first kappa shape index (κ1) is 17.8. The molecular formula is C18H25N5OS. The first-order valence-corrected chi connectivity index (χ1v) is 9.50. The van der Waals surface area contributed by atoms with Crippen LogP contribution >= 0.6 is 11.8 Å². The molecule has 1 amide bonds. The molecule has 0 aliphatic carbocycles. The maximum atomic E-state index is 12.2. The highest BCUT2D eigenvalue weighted by Crippen LogP contribution is 2.31. The quantitative estimate of drug-likeness (QED) is 0.769. The minimum atomic E-state index is -0.213. The van der Waals surface area contributed by atoms with Gasteiger partial charge in [0.15, 0.2) is 5.16 Å². The summed E-state index contributed by atoms with van der Waals surface area (Å²) in [6, 6.07) is 8.35. The van der Waals surface area contributed by atoms with Gasteiger partial charge in [-0.15, -0.1) is 10.2 Å². The number of thioether (sulfide) groups is 1. The Morgan fingerprint density at radius 2 is 1.80 bits per heavy atom. The van der Waals surface area contributed by atoms with Crippen LogP contribution in [0, 0.1) is 6.92 Å². The van der Waals surface area contributed by atoms with Gasteiger partial charge in [0.05, 0.1) is 10.9 Å². The molecule has 1 aromatic heterocycles. The zero-order valence-corrected chi connectivity index (χ0v) is 16.1. The third kappa shape index (κ3) is 3.81. The molecule has 1 atom stereocenters. The highest BCUT2D eigenvalue weighted by molar-refractivity contribution is 8.00. The lowest BCUT2D eigenvalue weighted by molar-refractivity contribution is -0.127. The average Bonchev–Trinajstić information content (AvgIpc) is 3.24. The molecule has 2 heterocycles. The molecular weight excluding hydrogens is 334 g/mol. The molecule has 1 unspecified atom stereocenters. The van der Waals surface area contributed by atoms with E-state index >= 15 is 0 Å². The fourth-order valence-corrected chi connectivity index (χ4v) is 3.96. The van der Waals surface area contributed by atoms with E-state index in [-0.39, 0.29) is 11.2 Å². The molecule has 0 bridgehead atoms. The summed E-state index contributed by atoms with van der Waals surface area (Å²) in [4.78, 5) is 16.1. The second-order valence-electron chi connectivity index (χ2n) is 6.64. The molecule has 7 heteroatoms. The second kappa shape index (κ2) is 7.47. The highest BCUT2D eigenvalue weighted by atomic mass is 32.2. The molecule has 1 aliphatic heterocycles. The number of carbonyl (C=O) groups excluding carboxylic acids is 1. The summed E-state index contributed by atoms with van der Waals surface area (Å²) < 4.78 is 2.08. The van der Waals surface area contributed by atoms with Crippen molar-refractivity contribution < 1.29 is 4.79 Å². The van der Waals surface area contributed by atoms with Crippen LogP contribution in [-0.2, 0) is 4.79 Å². The number of hydrogen-bond donors (Lipinski definition) is 0. The van der Waals surface area contributed by atoms with Crippen molar-refractivity contribution in [1.82, 2.24) is 19.7 Å². The summed E-state index contributed by atoms with van der Waals surface area (Å²) in [5.41, 5.74) is 2.24. The molecule has 1 aromatic carbocycles. The maximum absolute atomic E-state index is 12.2. The molecule has 0 saturated carbocycles. The van der Waals surface area contributed by atoms with Crippen molar-refractivity contribution in [2.45, 2.75) is 37.1 Å². The van der Waals surface area contributed by atoms with Gasteiger partial charge in [0.2, 0.25) is 11.9 Å². The zero-order chi connectivity index (χ0) is 18.0. The van der Waals surface area contributed by atoms with Crippen LogP contribution in [0.4, 0.5) is 5.95 Å². The van der Waals surface area contributed by atoms with Gasteiger partial charge in [0.1, 0.15) is 0 Å². The summed E-state index contributed by atoms with van der Waals surface area (Å²) in [5.74, 6) is 0.944. The van der Waals surface area contributed by atoms with E-state index in [1.165, 1.54) is 30.2 Å². The third-order valence-electron chi connectivity index (χ3n) is 4.37. The van der Waals surface area contributed by atoms with Crippen LogP contribution < -0.4 is 4.90 Å². The Balaban J connectivity index is 1.97. The minimum Gasteiger partial charge on any atom is -0.348 e. The summed E-state index contributed by atoms with van der Waals surface area (Å²) in [7, 11) is 3.56. The Labute approximate surface area is 153 Å². The van der Waals surface area contributed by atoms with Crippen molar-refractivity contribution in [2.75, 3.05) is 32.1 Å². The van der Waals surface area contributed by atoms with E-state index in [1.807, 2.05) is 6.92 Å². The molecule has 1 aliphatic rings. The van der Waals surface area contributed by atoms with E-state index < -0.39 is 0 Å². The van der Waals surface area contributed by atoms with Crippen molar-refractivity contribution in [1.29, 1.82) is 0 Å². The number of amides is 1. The van der Waals surface area contributed by atoms with Gasteiger partial charge in [-0.2, -0.15) is 0 Å². The highest BCUT2D eigenvalue weighted by Gasteiger charge is 2.25. The van der Waals surface area contributed by atoms with E-state index in [0.29, 0.717) is 0 Å². The first-order chi connectivity index (χ1) is 12.0. The van der Waals surface area contributed by atoms with Gasteiger partial charge in [0.25, 0.3) is 0 Å². The van der Waals surface area contributed by atoms with E-state index in [4.69, 9.17) is 0 Å². The number of nitrogens with zero attached hydrogens (tertiary/aromatic N) is 5. The Morgan fingerprint density at radius 1 is 1.16 bits per heavy atom. The van der Waals surface area contributed by atoms with Crippen LogP contribution in [0.2, 0.25) is 0 Å². The van der Waals surface area contributed by atoms with E-state index in [1.54, 1.807) is 19.0 Å². The van der Waals surface area contributed by atoms with Crippen LogP contribution in [0.25, 0.3) is 5.69 Å². The molecule has 3 rings (SSSR count). The van der Waals surface area contributed by atoms with Crippen molar-refractivity contribution >= 4 is 23.6 Å². The summed E-state index contributed by atoms with van der Waals surface area (Å²) in [6.45, 7) is 5.99. The Hall–Kier alpha value is -2.02. The van der Waals surface area contributed by atoms with Crippen LogP contribution in [0.5, 0.6) is 0 Å². The van der Waals surface area contributed by atoms with E-state index in [2.05, 4.69) is 50.9 Å². The lowest BCUT2D eigenvalue weighted by Crippen LogP contribution is -2.30.